The Hall–Kier alpha value is -7.60. The molecule has 0 saturated heterocycles. The quantitative estimate of drug-likeness (QED) is 0.0205. The van der Waals surface area contributed by atoms with Gasteiger partial charge < -0.3 is 70.0 Å². The number of H-pyrrole nitrogens is 1. The van der Waals surface area contributed by atoms with Crippen LogP contribution in [-0.4, -0.2) is 130 Å². The summed E-state index contributed by atoms with van der Waals surface area (Å²) >= 11 is 0. The summed E-state index contributed by atoms with van der Waals surface area (Å²) in [7, 11) is 0. The number of nitrogens with zero attached hydrogens (tertiary/aromatic N) is 1. The lowest BCUT2D eigenvalue weighted by atomic mass is 9.96. The second-order valence-electron chi connectivity index (χ2n) is 18.4. The number of amides is 10. The number of primary amides is 2. The summed E-state index contributed by atoms with van der Waals surface area (Å²) in [5, 5.41) is 30.9. The maximum absolute atomic E-state index is 14.3. The molecule has 72 heavy (non-hydrogen) atoms. The van der Waals surface area contributed by atoms with Gasteiger partial charge in [-0.1, -0.05) is 78.3 Å². The first-order valence-corrected chi connectivity index (χ1v) is 23.9. The number of nitrogens with one attached hydrogen (secondary N) is 11. The molecule has 0 fully saturated rings. The van der Waals surface area contributed by atoms with Gasteiger partial charge in [-0.15, -0.1) is 0 Å². The molecule has 0 unspecified atom stereocenters. The molecule has 1 heterocycles. The Labute approximate surface area is 419 Å². The van der Waals surface area contributed by atoms with Crippen molar-refractivity contribution in [1.29, 1.82) is 5.41 Å². The second-order valence-corrected chi connectivity index (χ2v) is 18.4. The maximum Gasteiger partial charge on any atom is 0.243 e. The number of rotatable bonds is 32. The van der Waals surface area contributed by atoms with E-state index in [2.05, 4.69) is 57.8 Å². The van der Waals surface area contributed by atoms with Crippen LogP contribution in [0.3, 0.4) is 0 Å². The number of hydrogen-bond donors (Lipinski definition) is 14. The normalized spacial score (nSPS) is 14.3. The lowest BCUT2D eigenvalue weighted by molar-refractivity contribution is -0.136. The number of nitrogens with two attached hydrogens (primary N) is 3. The topological polar surface area (TPSA) is 410 Å². The molecular weight excluding hydrogens is 935 g/mol. The molecule has 25 nitrogen and oxygen atoms in total. The largest absolute Gasteiger partial charge is 0.370 e. The average molecular weight is 1010 g/mol. The molecule has 0 radical (unpaired) electrons. The zero-order valence-electron chi connectivity index (χ0n) is 42.1. The molecule has 2 aromatic rings. The highest BCUT2D eigenvalue weighted by Gasteiger charge is 2.36. The summed E-state index contributed by atoms with van der Waals surface area (Å²) in [6.07, 6.45) is 3.32. The Morgan fingerprint density at radius 2 is 1.24 bits per heavy atom. The standard InChI is InChI=1S/C47H75N15O10/c1-8-27(6)39(46(72)58-31(40(49)66)16-17-36(48)64)62-44(70)34(20-29-13-10-9-11-14-29)60-45(71)38(26(4)5)61-43(69)33(19-25(2)3)59-42(68)35(21-30-22-52-24-55-30)57-37(65)23-54-41(67)32(56-28(7)63)15-12-18-53-47(50)51/h9-11,13-14,22,24-27,31-35,38-39H,8,12,15-21,23H2,1-7H3,(H2,48,64)(H2,49,66)(H,52,55)(H,54,67)(H,56,63)(H,57,65)(H,58,72)(H,59,68)(H,60,71)(H,61,69)(H,62,70)(H4,50,51,53)/t27-,31-,32-,33-,34-,35-,38-,39-/m0/s1. The van der Waals surface area contributed by atoms with Crippen LogP contribution in [0.4, 0.5) is 0 Å². The first-order valence-electron chi connectivity index (χ1n) is 23.9. The van der Waals surface area contributed by atoms with Crippen molar-refractivity contribution in [3.8, 4) is 0 Å². The van der Waals surface area contributed by atoms with Gasteiger partial charge in [0.1, 0.15) is 42.3 Å². The van der Waals surface area contributed by atoms with Crippen molar-refractivity contribution in [3.05, 3.63) is 54.1 Å². The van der Waals surface area contributed by atoms with E-state index in [9.17, 15) is 47.9 Å². The minimum atomic E-state index is -1.32. The van der Waals surface area contributed by atoms with Crippen LogP contribution in [0.1, 0.15) is 98.2 Å². The van der Waals surface area contributed by atoms with Crippen molar-refractivity contribution in [3.63, 3.8) is 0 Å². The fraction of sp³-hybridized carbons (Fsp3) is 0.574. The van der Waals surface area contributed by atoms with E-state index in [4.69, 9.17) is 22.6 Å². The van der Waals surface area contributed by atoms with Gasteiger partial charge in [0.15, 0.2) is 5.96 Å². The predicted molar refractivity (Wildman–Crippen MR) is 265 cm³/mol. The number of aromatic amines is 1. The molecule has 0 aliphatic rings. The van der Waals surface area contributed by atoms with Gasteiger partial charge in [-0.25, -0.2) is 4.98 Å². The Morgan fingerprint density at radius 1 is 0.653 bits per heavy atom. The molecular formula is C47H75N15O10. The first-order chi connectivity index (χ1) is 33.9. The second kappa shape index (κ2) is 30.9. The molecule has 0 aliphatic heterocycles. The molecule has 10 amide bonds. The predicted octanol–water partition coefficient (Wildman–Crippen LogP) is -2.51. The third kappa shape index (κ3) is 22.4. The number of imidazole rings is 1. The summed E-state index contributed by atoms with van der Waals surface area (Å²) < 4.78 is 0. The maximum atomic E-state index is 14.3. The van der Waals surface area contributed by atoms with Gasteiger partial charge in [-0.2, -0.15) is 0 Å². The van der Waals surface area contributed by atoms with Gasteiger partial charge in [0.2, 0.25) is 59.1 Å². The van der Waals surface area contributed by atoms with E-state index in [1.54, 1.807) is 58.0 Å². The van der Waals surface area contributed by atoms with Gasteiger partial charge in [-0.3, -0.25) is 53.4 Å². The molecule has 8 atom stereocenters. The molecule has 398 valence electrons. The van der Waals surface area contributed by atoms with Crippen LogP contribution in [0.5, 0.6) is 0 Å². The van der Waals surface area contributed by atoms with Crippen LogP contribution in [0.2, 0.25) is 0 Å². The van der Waals surface area contributed by atoms with Crippen molar-refractivity contribution < 1.29 is 47.9 Å². The Bertz CT molecular complexity index is 2160. The molecule has 0 saturated carbocycles. The molecule has 2 rings (SSSR count). The lowest BCUT2D eigenvalue weighted by Gasteiger charge is -2.30. The number of carbonyl (C=O) groups is 10. The molecule has 1 aromatic carbocycles. The van der Waals surface area contributed by atoms with E-state index >= 15 is 0 Å². The molecule has 0 bridgehead atoms. The summed E-state index contributed by atoms with van der Waals surface area (Å²) in [5.41, 5.74) is 17.1. The van der Waals surface area contributed by atoms with Crippen molar-refractivity contribution in [2.75, 3.05) is 13.1 Å². The first kappa shape index (κ1) is 60.5. The third-order valence-corrected chi connectivity index (χ3v) is 11.4. The van der Waals surface area contributed by atoms with Gasteiger partial charge in [0.25, 0.3) is 0 Å². The van der Waals surface area contributed by atoms with Crippen molar-refractivity contribution >= 4 is 65.0 Å². The molecule has 17 N–H and O–H groups in total. The zero-order chi connectivity index (χ0) is 54.1. The Balaban J connectivity index is 2.35. The summed E-state index contributed by atoms with van der Waals surface area (Å²) in [4.78, 5) is 139. The third-order valence-electron chi connectivity index (χ3n) is 11.4. The van der Waals surface area contributed by atoms with Crippen LogP contribution < -0.4 is 65.1 Å². The Kier molecular flexibility index (Phi) is 26.0. The monoisotopic (exact) mass is 1010 g/mol. The number of aromatic nitrogens is 2. The van der Waals surface area contributed by atoms with Crippen LogP contribution in [-0.2, 0) is 60.8 Å². The summed E-state index contributed by atoms with van der Waals surface area (Å²) in [6.45, 7) is 11.4. The van der Waals surface area contributed by atoms with Gasteiger partial charge >= 0.3 is 0 Å². The smallest absolute Gasteiger partial charge is 0.243 e. The Morgan fingerprint density at radius 3 is 1.79 bits per heavy atom. The number of guanidine groups is 1. The van der Waals surface area contributed by atoms with E-state index < -0.39 is 120 Å². The fourth-order valence-electron chi connectivity index (χ4n) is 7.27. The van der Waals surface area contributed by atoms with Gasteiger partial charge in [0, 0.05) is 38.9 Å². The molecule has 25 heteroatoms. The fourth-order valence-corrected chi connectivity index (χ4v) is 7.27. The molecule has 0 aliphatic carbocycles. The minimum Gasteiger partial charge on any atom is -0.370 e. The van der Waals surface area contributed by atoms with Crippen molar-refractivity contribution in [2.24, 2.45) is 35.0 Å². The van der Waals surface area contributed by atoms with E-state index in [1.807, 2.05) is 13.8 Å². The van der Waals surface area contributed by atoms with E-state index in [-0.39, 0.29) is 56.9 Å². The van der Waals surface area contributed by atoms with Gasteiger partial charge in [-0.05, 0) is 49.0 Å². The van der Waals surface area contributed by atoms with Crippen molar-refractivity contribution in [1.82, 2.24) is 57.8 Å². The zero-order valence-corrected chi connectivity index (χ0v) is 42.1. The number of benzene rings is 1. The van der Waals surface area contributed by atoms with Crippen LogP contribution in [0.25, 0.3) is 0 Å². The van der Waals surface area contributed by atoms with E-state index in [0.717, 1.165) is 0 Å². The highest BCUT2D eigenvalue weighted by molar-refractivity contribution is 5.98. The summed E-state index contributed by atoms with van der Waals surface area (Å²) in [5.74, 6) is -8.84. The lowest BCUT2D eigenvalue weighted by Crippen LogP contribution is -2.61. The van der Waals surface area contributed by atoms with Crippen molar-refractivity contribution in [2.45, 2.75) is 142 Å². The minimum absolute atomic E-state index is 0.0385. The molecule has 1 aromatic heterocycles. The van der Waals surface area contributed by atoms with E-state index in [0.29, 0.717) is 24.1 Å². The average Bonchev–Trinajstić information content (AvgIpc) is 3.83. The summed E-state index contributed by atoms with van der Waals surface area (Å²) in [6, 6.07) is 0.124. The van der Waals surface area contributed by atoms with Crippen LogP contribution >= 0.6 is 0 Å². The van der Waals surface area contributed by atoms with Crippen LogP contribution in [0, 0.1) is 23.2 Å². The number of hydrogen-bond acceptors (Lipinski definition) is 12. The van der Waals surface area contributed by atoms with Crippen LogP contribution in [0.15, 0.2) is 42.9 Å². The SMILES string of the molecule is CC[C@H](C)[C@H](NC(=O)[C@H](Cc1ccccc1)NC(=O)[C@@H](NC(=O)[C@H](CC(C)C)NC(=O)[C@H](Cc1c[nH]cn1)NC(=O)CNC(=O)[C@H](CCCNC(=N)N)NC(C)=O)C(C)C)C(=O)N[C@@H](CCC(N)=O)C(N)=O. The van der Waals surface area contributed by atoms with Gasteiger partial charge in [0.05, 0.1) is 18.6 Å². The highest BCUT2D eigenvalue weighted by atomic mass is 16.2. The van der Waals surface area contributed by atoms with E-state index in [1.165, 1.54) is 19.4 Å². The highest BCUT2D eigenvalue weighted by Crippen LogP contribution is 2.14. The number of carbonyl (C=O) groups excluding carboxylic acids is 10. The molecule has 0 spiro atoms.